The topological polar surface area (TPSA) is 43.9 Å². The number of hydrogen-bond donors (Lipinski definition) is 0. The number of carbonyl (C=O) groups is 2. The highest BCUT2D eigenvalue weighted by Crippen LogP contribution is 2.29. The van der Waals surface area contributed by atoms with Crippen molar-refractivity contribution in [3.63, 3.8) is 0 Å². The Morgan fingerprint density at radius 1 is 1.04 bits per heavy atom. The second-order valence-electron chi connectivity index (χ2n) is 7.44. The Bertz CT molecular complexity index is 656. The summed E-state index contributed by atoms with van der Waals surface area (Å²) in [7, 11) is 3.57. The van der Waals surface area contributed by atoms with E-state index in [4.69, 9.17) is 0 Å². The standard InChI is InChI=1S/C19H27N3O2/c1-13-5-7-16(9-14(13)2)18(23)22-11-15-6-8-17(22)12-21(10-15)19(24)20(3)4/h5,7,9,15,17H,6,8,10-12H2,1-4H3/t15-,17+/m1/s1. The number of benzene rings is 1. The fourth-order valence-electron chi connectivity index (χ4n) is 3.81. The average molecular weight is 329 g/mol. The van der Waals surface area contributed by atoms with E-state index in [1.54, 1.807) is 19.0 Å². The summed E-state index contributed by atoms with van der Waals surface area (Å²) in [6, 6.07) is 6.10. The van der Waals surface area contributed by atoms with Crippen LogP contribution in [0.15, 0.2) is 18.2 Å². The number of hydrogen-bond acceptors (Lipinski definition) is 2. The normalized spacial score (nSPS) is 23.2. The second kappa shape index (κ2) is 6.46. The van der Waals surface area contributed by atoms with Gasteiger partial charge in [-0.2, -0.15) is 0 Å². The van der Waals surface area contributed by atoms with Crippen LogP contribution >= 0.6 is 0 Å². The lowest BCUT2D eigenvalue weighted by Crippen LogP contribution is -2.48. The van der Waals surface area contributed by atoms with Gasteiger partial charge in [-0.15, -0.1) is 0 Å². The first-order valence-electron chi connectivity index (χ1n) is 8.71. The van der Waals surface area contributed by atoms with Crippen molar-refractivity contribution in [2.75, 3.05) is 33.7 Å². The van der Waals surface area contributed by atoms with Crippen molar-refractivity contribution in [3.05, 3.63) is 34.9 Å². The van der Waals surface area contributed by atoms with Crippen LogP contribution in [-0.4, -0.2) is 66.4 Å². The molecule has 0 aromatic heterocycles. The van der Waals surface area contributed by atoms with Gasteiger partial charge in [0.2, 0.25) is 0 Å². The van der Waals surface area contributed by atoms with E-state index in [0.717, 1.165) is 37.1 Å². The molecule has 3 heterocycles. The van der Waals surface area contributed by atoms with Crippen LogP contribution in [0.25, 0.3) is 0 Å². The van der Waals surface area contributed by atoms with Gasteiger partial charge in [0.25, 0.3) is 5.91 Å². The molecule has 0 radical (unpaired) electrons. The quantitative estimate of drug-likeness (QED) is 0.795. The number of fused-ring (bicyclic) bond motifs is 4. The molecule has 0 aliphatic carbocycles. The van der Waals surface area contributed by atoms with Gasteiger partial charge in [-0.25, -0.2) is 4.79 Å². The van der Waals surface area contributed by atoms with Crippen molar-refractivity contribution in [2.45, 2.75) is 32.7 Å². The molecule has 3 fully saturated rings. The summed E-state index contributed by atoms with van der Waals surface area (Å²) in [4.78, 5) is 30.9. The SMILES string of the molecule is Cc1ccc(C(=O)N2C[C@@H]3CC[C@H]2CN(C(=O)N(C)C)C3)cc1C. The van der Waals surface area contributed by atoms with E-state index in [0.29, 0.717) is 12.5 Å². The zero-order valence-electron chi connectivity index (χ0n) is 15.1. The van der Waals surface area contributed by atoms with Crippen molar-refractivity contribution in [1.82, 2.24) is 14.7 Å². The predicted molar refractivity (Wildman–Crippen MR) is 94.1 cm³/mol. The average Bonchev–Trinajstić information content (AvgIpc) is 2.87. The van der Waals surface area contributed by atoms with Crippen molar-refractivity contribution in [2.24, 2.45) is 5.92 Å². The fourth-order valence-corrected chi connectivity index (χ4v) is 3.81. The van der Waals surface area contributed by atoms with Crippen molar-refractivity contribution >= 4 is 11.9 Å². The number of piperidine rings is 1. The summed E-state index contributed by atoms with van der Waals surface area (Å²) in [5.41, 5.74) is 3.10. The smallest absolute Gasteiger partial charge is 0.319 e. The molecule has 0 unspecified atom stereocenters. The van der Waals surface area contributed by atoms with Gasteiger partial charge in [-0.05, 0) is 55.9 Å². The monoisotopic (exact) mass is 329 g/mol. The van der Waals surface area contributed by atoms with Gasteiger partial charge in [0.15, 0.2) is 0 Å². The van der Waals surface area contributed by atoms with Gasteiger partial charge in [0.05, 0.1) is 0 Å². The minimum absolute atomic E-state index is 0.0485. The highest BCUT2D eigenvalue weighted by Gasteiger charge is 2.39. The fraction of sp³-hybridized carbons (Fsp3) is 0.579. The number of aryl methyl sites for hydroxylation is 2. The first-order chi connectivity index (χ1) is 11.4. The number of rotatable bonds is 1. The molecule has 3 aliphatic rings. The molecule has 130 valence electrons. The van der Waals surface area contributed by atoms with Crippen LogP contribution in [0.1, 0.15) is 34.3 Å². The molecule has 4 rings (SSSR count). The predicted octanol–water partition coefficient (Wildman–Crippen LogP) is 2.52. The minimum atomic E-state index is 0.0485. The Labute approximate surface area is 144 Å². The Morgan fingerprint density at radius 3 is 2.46 bits per heavy atom. The molecule has 5 nitrogen and oxygen atoms in total. The van der Waals surface area contributed by atoms with Crippen LogP contribution < -0.4 is 0 Å². The van der Waals surface area contributed by atoms with Crippen LogP contribution in [0.4, 0.5) is 4.79 Å². The number of carbonyl (C=O) groups excluding carboxylic acids is 2. The molecule has 2 atom stereocenters. The molecule has 3 aliphatic heterocycles. The molecule has 3 saturated heterocycles. The van der Waals surface area contributed by atoms with Gasteiger partial charge in [-0.3, -0.25) is 4.79 Å². The number of urea groups is 1. The molecule has 0 saturated carbocycles. The van der Waals surface area contributed by atoms with Gasteiger partial charge in [0.1, 0.15) is 0 Å². The molecule has 0 spiro atoms. The molecular formula is C19H27N3O2. The van der Waals surface area contributed by atoms with Gasteiger partial charge in [-0.1, -0.05) is 6.07 Å². The summed E-state index contributed by atoms with van der Waals surface area (Å²) in [6.45, 7) is 6.25. The highest BCUT2D eigenvalue weighted by molar-refractivity contribution is 5.95. The number of nitrogens with zero attached hydrogens (tertiary/aromatic N) is 3. The van der Waals surface area contributed by atoms with Crippen molar-refractivity contribution < 1.29 is 9.59 Å². The van der Waals surface area contributed by atoms with E-state index >= 15 is 0 Å². The Balaban J connectivity index is 1.81. The van der Waals surface area contributed by atoms with E-state index < -0.39 is 0 Å². The zero-order valence-corrected chi connectivity index (χ0v) is 15.1. The maximum absolute atomic E-state index is 13.0. The summed E-state index contributed by atoms with van der Waals surface area (Å²) in [5.74, 6) is 0.482. The third kappa shape index (κ3) is 3.12. The minimum Gasteiger partial charge on any atom is -0.334 e. The molecule has 1 aromatic rings. The summed E-state index contributed by atoms with van der Waals surface area (Å²) in [5, 5.41) is 0. The van der Waals surface area contributed by atoms with Crippen LogP contribution in [0.2, 0.25) is 0 Å². The molecule has 2 bridgehead atoms. The van der Waals surface area contributed by atoms with E-state index in [1.165, 1.54) is 5.56 Å². The summed E-state index contributed by atoms with van der Waals surface area (Å²) in [6.07, 6.45) is 2.08. The largest absolute Gasteiger partial charge is 0.334 e. The summed E-state index contributed by atoms with van der Waals surface area (Å²) < 4.78 is 0. The van der Waals surface area contributed by atoms with Crippen molar-refractivity contribution in [3.8, 4) is 0 Å². The number of amides is 3. The van der Waals surface area contributed by atoms with Crippen LogP contribution in [0.5, 0.6) is 0 Å². The second-order valence-corrected chi connectivity index (χ2v) is 7.44. The Morgan fingerprint density at radius 2 is 1.79 bits per heavy atom. The Hall–Kier alpha value is -2.04. The summed E-state index contributed by atoms with van der Waals surface area (Å²) >= 11 is 0. The lowest BCUT2D eigenvalue weighted by molar-refractivity contribution is 0.0585. The third-order valence-electron chi connectivity index (χ3n) is 5.38. The molecule has 0 N–H and O–H groups in total. The Kier molecular flexibility index (Phi) is 4.52. The zero-order chi connectivity index (χ0) is 17.4. The maximum atomic E-state index is 13.0. The van der Waals surface area contributed by atoms with E-state index in [2.05, 4.69) is 6.92 Å². The molecule has 3 amide bonds. The van der Waals surface area contributed by atoms with Crippen molar-refractivity contribution in [1.29, 1.82) is 0 Å². The van der Waals surface area contributed by atoms with Crippen LogP contribution in [0.3, 0.4) is 0 Å². The lowest BCUT2D eigenvalue weighted by Gasteiger charge is -2.36. The van der Waals surface area contributed by atoms with Crippen LogP contribution in [-0.2, 0) is 0 Å². The van der Waals surface area contributed by atoms with E-state index in [1.807, 2.05) is 34.9 Å². The van der Waals surface area contributed by atoms with E-state index in [9.17, 15) is 9.59 Å². The van der Waals surface area contributed by atoms with Gasteiger partial charge < -0.3 is 14.7 Å². The van der Waals surface area contributed by atoms with Crippen LogP contribution in [0, 0.1) is 19.8 Å². The molecule has 24 heavy (non-hydrogen) atoms. The third-order valence-corrected chi connectivity index (χ3v) is 5.38. The van der Waals surface area contributed by atoms with Gasteiger partial charge in [0, 0.05) is 45.3 Å². The maximum Gasteiger partial charge on any atom is 0.319 e. The molecular weight excluding hydrogens is 302 g/mol. The molecule has 1 aromatic carbocycles. The first-order valence-corrected chi connectivity index (χ1v) is 8.71. The van der Waals surface area contributed by atoms with Gasteiger partial charge >= 0.3 is 6.03 Å². The molecule has 5 heteroatoms. The first kappa shape index (κ1) is 16.8. The highest BCUT2D eigenvalue weighted by atomic mass is 16.2. The van der Waals surface area contributed by atoms with E-state index in [-0.39, 0.29) is 18.0 Å². The lowest BCUT2D eigenvalue weighted by atomic mass is 9.94.